The second-order valence-electron chi connectivity index (χ2n) is 1.13. The first-order chi connectivity index (χ1) is 3.93. The molecule has 0 aromatic carbocycles. The molecule has 1 aromatic heterocycles. The van der Waals surface area contributed by atoms with Gasteiger partial charge in [0.25, 0.3) is 0 Å². The van der Waals surface area contributed by atoms with Crippen molar-refractivity contribution in [1.29, 1.82) is 0 Å². The van der Waals surface area contributed by atoms with E-state index in [9.17, 15) is 0 Å². The maximum atomic E-state index is 3.86. The van der Waals surface area contributed by atoms with Gasteiger partial charge in [-0.2, -0.15) is 0 Å². The number of aromatic amines is 1. The van der Waals surface area contributed by atoms with Gasteiger partial charge in [0.1, 0.15) is 6.33 Å². The molecule has 0 amide bonds. The quantitative estimate of drug-likeness (QED) is 0.597. The van der Waals surface area contributed by atoms with Crippen molar-refractivity contribution in [2.45, 2.75) is 5.16 Å². The molecule has 1 aromatic rings. The number of aromatic nitrogens is 3. The van der Waals surface area contributed by atoms with E-state index >= 15 is 0 Å². The van der Waals surface area contributed by atoms with Gasteiger partial charge in [-0.05, 0) is 6.92 Å². The minimum atomic E-state index is 0.764. The van der Waals surface area contributed by atoms with E-state index in [0.717, 1.165) is 10.9 Å². The number of H-pyrrole nitrogens is 1. The van der Waals surface area contributed by atoms with Crippen LogP contribution in [-0.2, 0) is 0 Å². The number of nitrogens with one attached hydrogen (secondary N) is 1. The van der Waals surface area contributed by atoms with Gasteiger partial charge in [0.15, 0.2) is 0 Å². The fourth-order valence-electron chi connectivity index (χ4n) is 0.358. The predicted molar refractivity (Wildman–Crippen MR) is 32.5 cm³/mol. The highest BCUT2D eigenvalue weighted by Gasteiger charge is 1.90. The minimum Gasteiger partial charge on any atom is -0.265 e. The van der Waals surface area contributed by atoms with Crippen LogP contribution in [0.25, 0.3) is 0 Å². The van der Waals surface area contributed by atoms with Gasteiger partial charge < -0.3 is 0 Å². The maximum Gasteiger partial charge on any atom is 0.208 e. The maximum absolute atomic E-state index is 3.86. The highest BCUT2D eigenvalue weighted by Crippen LogP contribution is 2.07. The Hall–Kier alpha value is -0.510. The van der Waals surface area contributed by atoms with Gasteiger partial charge in [-0.1, -0.05) is 11.8 Å². The molecule has 1 heterocycles. The van der Waals surface area contributed by atoms with Gasteiger partial charge in [-0.15, -0.1) is 5.10 Å². The van der Waals surface area contributed by atoms with E-state index in [0.29, 0.717) is 0 Å². The fourth-order valence-corrected chi connectivity index (χ4v) is 0.785. The largest absolute Gasteiger partial charge is 0.265 e. The van der Waals surface area contributed by atoms with E-state index < -0.39 is 0 Å². The second kappa shape index (κ2) is 2.71. The van der Waals surface area contributed by atoms with Crippen molar-refractivity contribution in [3.05, 3.63) is 13.3 Å². The molecule has 1 rings (SSSR count). The summed E-state index contributed by atoms with van der Waals surface area (Å²) in [6, 6.07) is 0. The van der Waals surface area contributed by atoms with Crippen molar-refractivity contribution in [3.63, 3.8) is 0 Å². The molecule has 1 N–H and O–H groups in total. The van der Waals surface area contributed by atoms with E-state index in [4.69, 9.17) is 0 Å². The molecule has 0 aliphatic rings. The lowest BCUT2D eigenvalue weighted by Gasteiger charge is -1.82. The first kappa shape index (κ1) is 5.62. The molecule has 43 valence electrons. The van der Waals surface area contributed by atoms with Gasteiger partial charge in [0.2, 0.25) is 5.16 Å². The summed E-state index contributed by atoms with van der Waals surface area (Å²) in [5, 5.41) is 7.16. The molecule has 0 saturated carbocycles. The third-order valence-corrected chi connectivity index (χ3v) is 1.28. The first-order valence-electron chi connectivity index (χ1n) is 2.21. The zero-order chi connectivity index (χ0) is 5.82. The van der Waals surface area contributed by atoms with E-state index in [1.54, 1.807) is 6.33 Å². The van der Waals surface area contributed by atoms with Crippen LogP contribution in [0.2, 0.25) is 0 Å². The van der Waals surface area contributed by atoms with Crippen molar-refractivity contribution in [3.8, 4) is 0 Å². The molecule has 1 radical (unpaired) electrons. The molecule has 0 aliphatic carbocycles. The van der Waals surface area contributed by atoms with Crippen LogP contribution in [0.1, 0.15) is 0 Å². The van der Waals surface area contributed by atoms with Crippen LogP contribution in [0.3, 0.4) is 0 Å². The van der Waals surface area contributed by atoms with Crippen LogP contribution in [0.4, 0.5) is 0 Å². The number of rotatable bonds is 2. The normalized spacial score (nSPS) is 9.62. The number of thioether (sulfide) groups is 1. The highest BCUT2D eigenvalue weighted by atomic mass is 32.2. The lowest BCUT2D eigenvalue weighted by Crippen LogP contribution is -1.73. The van der Waals surface area contributed by atoms with Crippen molar-refractivity contribution in [2.24, 2.45) is 0 Å². The monoisotopic (exact) mass is 128 g/mol. The fraction of sp³-hybridized carbons (Fsp3) is 0.250. The SMILES string of the molecule is [CH2]CSc1nc[nH]n1. The van der Waals surface area contributed by atoms with Crippen LogP contribution < -0.4 is 0 Å². The van der Waals surface area contributed by atoms with Gasteiger partial charge >= 0.3 is 0 Å². The summed E-state index contributed by atoms with van der Waals surface area (Å²) in [5.74, 6) is 0.776. The van der Waals surface area contributed by atoms with E-state index in [1.807, 2.05) is 0 Å². The summed E-state index contributed by atoms with van der Waals surface area (Å²) in [7, 11) is 0. The molecule has 0 unspecified atom stereocenters. The van der Waals surface area contributed by atoms with E-state index in [-0.39, 0.29) is 0 Å². The van der Waals surface area contributed by atoms with Gasteiger partial charge in [0, 0.05) is 5.75 Å². The molecule has 8 heavy (non-hydrogen) atoms. The molecule has 0 saturated heterocycles. The number of nitrogens with zero attached hydrogens (tertiary/aromatic N) is 2. The summed E-state index contributed by atoms with van der Waals surface area (Å²) in [6.07, 6.45) is 1.55. The molecule has 0 atom stereocenters. The Morgan fingerprint density at radius 3 is 3.25 bits per heavy atom. The Bertz CT molecular complexity index is 137. The Balaban J connectivity index is 2.50. The van der Waals surface area contributed by atoms with Crippen LogP contribution in [-0.4, -0.2) is 20.9 Å². The van der Waals surface area contributed by atoms with Crippen LogP contribution in [0.15, 0.2) is 11.5 Å². The molecule has 0 fully saturated rings. The molecule has 4 heteroatoms. The van der Waals surface area contributed by atoms with Gasteiger partial charge in [-0.3, -0.25) is 5.10 Å². The molecule has 0 aliphatic heterocycles. The first-order valence-corrected chi connectivity index (χ1v) is 3.20. The minimum absolute atomic E-state index is 0.764. The summed E-state index contributed by atoms with van der Waals surface area (Å²) in [6.45, 7) is 3.63. The zero-order valence-electron chi connectivity index (χ0n) is 4.29. The predicted octanol–water partition coefficient (Wildman–Crippen LogP) is 0.731. The summed E-state index contributed by atoms with van der Waals surface area (Å²) >= 11 is 1.52. The third-order valence-electron chi connectivity index (χ3n) is 0.624. The topological polar surface area (TPSA) is 41.6 Å². The Morgan fingerprint density at radius 2 is 2.75 bits per heavy atom. The Labute approximate surface area is 51.9 Å². The number of hydrogen-bond acceptors (Lipinski definition) is 3. The van der Waals surface area contributed by atoms with Crippen LogP contribution >= 0.6 is 11.8 Å². The van der Waals surface area contributed by atoms with Crippen molar-refractivity contribution in [1.82, 2.24) is 15.2 Å². The van der Waals surface area contributed by atoms with Crippen molar-refractivity contribution < 1.29 is 0 Å². The third kappa shape index (κ3) is 1.23. The molecule has 3 nitrogen and oxygen atoms in total. The number of hydrogen-bond donors (Lipinski definition) is 1. The Kier molecular flexibility index (Phi) is 1.91. The summed E-state index contributed by atoms with van der Waals surface area (Å²) in [5.41, 5.74) is 0. The molecule has 0 spiro atoms. The smallest absolute Gasteiger partial charge is 0.208 e. The van der Waals surface area contributed by atoms with Crippen LogP contribution in [0.5, 0.6) is 0 Å². The second-order valence-corrected chi connectivity index (χ2v) is 2.19. The lowest BCUT2D eigenvalue weighted by molar-refractivity contribution is 0.975. The Morgan fingerprint density at radius 1 is 1.88 bits per heavy atom. The molecular weight excluding hydrogens is 122 g/mol. The highest BCUT2D eigenvalue weighted by molar-refractivity contribution is 7.99. The van der Waals surface area contributed by atoms with E-state index in [2.05, 4.69) is 22.1 Å². The standard InChI is InChI=1S/C4H6N3S/c1-2-8-4-5-3-6-7-4/h3H,1-2H2,(H,5,6,7). The average molecular weight is 128 g/mol. The lowest BCUT2D eigenvalue weighted by atomic mass is 11.0. The summed E-state index contributed by atoms with van der Waals surface area (Å²) in [4.78, 5) is 3.86. The zero-order valence-corrected chi connectivity index (χ0v) is 5.11. The molecule has 0 bridgehead atoms. The average Bonchev–Trinajstić information content (AvgIpc) is 2.19. The van der Waals surface area contributed by atoms with Gasteiger partial charge in [-0.25, -0.2) is 4.98 Å². The van der Waals surface area contributed by atoms with Crippen molar-refractivity contribution >= 4 is 11.8 Å². The van der Waals surface area contributed by atoms with Crippen LogP contribution in [0, 0.1) is 6.92 Å². The summed E-state index contributed by atoms with van der Waals surface area (Å²) < 4.78 is 0. The van der Waals surface area contributed by atoms with E-state index in [1.165, 1.54) is 11.8 Å². The molecular formula is C4H6N3S. The van der Waals surface area contributed by atoms with Crippen molar-refractivity contribution in [2.75, 3.05) is 5.75 Å². The van der Waals surface area contributed by atoms with Gasteiger partial charge in [0.05, 0.1) is 0 Å².